The molecule has 0 saturated carbocycles. The Bertz CT molecular complexity index is 494. The molecule has 1 saturated heterocycles. The summed E-state index contributed by atoms with van der Waals surface area (Å²) in [5, 5.41) is 0. The van der Waals surface area contributed by atoms with Crippen LogP contribution in [-0.4, -0.2) is 18.3 Å². The molecule has 0 unspecified atom stereocenters. The van der Waals surface area contributed by atoms with Gasteiger partial charge in [-0.05, 0) is 33.2 Å². The fourth-order valence-electron chi connectivity index (χ4n) is 2.17. The average molecular weight is 296 g/mol. The second-order valence-corrected chi connectivity index (χ2v) is 6.99. The molecule has 0 bridgehead atoms. The fraction of sp³-hybridized carbons (Fsp3) is 0.625. The van der Waals surface area contributed by atoms with Crippen molar-refractivity contribution in [3.05, 3.63) is 29.8 Å². The Balaban J connectivity index is 2.22. The highest BCUT2D eigenvalue weighted by atomic mass is 19.3. The van der Waals surface area contributed by atoms with Crippen molar-refractivity contribution in [1.29, 1.82) is 0 Å². The molecular weight excluding hydrogens is 273 g/mol. The van der Waals surface area contributed by atoms with Crippen LogP contribution in [0.25, 0.3) is 0 Å². The first-order valence-electron chi connectivity index (χ1n) is 7.31. The third kappa shape index (κ3) is 2.86. The molecule has 116 valence electrons. The zero-order valence-electron chi connectivity index (χ0n) is 13.5. The Labute approximate surface area is 126 Å². The van der Waals surface area contributed by atoms with Gasteiger partial charge >= 0.3 is 7.12 Å². The van der Waals surface area contributed by atoms with Crippen molar-refractivity contribution in [3.8, 4) is 0 Å². The van der Waals surface area contributed by atoms with E-state index in [1.165, 1.54) is 26.0 Å². The molecule has 1 heterocycles. The van der Waals surface area contributed by atoms with E-state index in [0.29, 0.717) is 0 Å². The Morgan fingerprint density at radius 3 is 1.76 bits per heavy atom. The third-order valence-electron chi connectivity index (χ3n) is 4.55. The summed E-state index contributed by atoms with van der Waals surface area (Å²) in [6, 6.07) is 6.24. The maximum Gasteiger partial charge on any atom is 0.494 e. The zero-order chi connectivity index (χ0) is 16.1. The lowest BCUT2D eigenvalue weighted by Crippen LogP contribution is -2.41. The lowest BCUT2D eigenvalue weighted by Gasteiger charge is -2.32. The molecule has 1 aliphatic rings. The van der Waals surface area contributed by atoms with Crippen LogP contribution < -0.4 is 5.46 Å². The molecular formula is C16H23BF2O2. The first-order chi connectivity index (χ1) is 9.47. The van der Waals surface area contributed by atoms with Crippen LogP contribution in [0.15, 0.2) is 24.3 Å². The van der Waals surface area contributed by atoms with Gasteiger partial charge in [0.1, 0.15) is 0 Å². The molecule has 1 aliphatic heterocycles. The normalized spacial score (nSPS) is 21.1. The molecule has 21 heavy (non-hydrogen) atoms. The standard InChI is InChI=1S/C16H23BF2O2/c1-11(2)16(18,19)12-7-9-13(10-8-12)17-20-14(3,4)15(5,6)21-17/h7-11H,1-6H3. The highest BCUT2D eigenvalue weighted by Crippen LogP contribution is 2.37. The van der Waals surface area contributed by atoms with E-state index < -0.39 is 30.2 Å². The van der Waals surface area contributed by atoms with Gasteiger partial charge in [-0.3, -0.25) is 0 Å². The number of hydrogen-bond acceptors (Lipinski definition) is 2. The minimum Gasteiger partial charge on any atom is -0.399 e. The maximum absolute atomic E-state index is 14.0. The topological polar surface area (TPSA) is 18.5 Å². The summed E-state index contributed by atoms with van der Waals surface area (Å²) in [4.78, 5) is 0. The Morgan fingerprint density at radius 1 is 0.952 bits per heavy atom. The summed E-state index contributed by atoms with van der Waals surface area (Å²) in [5.74, 6) is -3.56. The number of hydrogen-bond donors (Lipinski definition) is 0. The van der Waals surface area contributed by atoms with Crippen molar-refractivity contribution in [2.75, 3.05) is 0 Å². The molecule has 2 rings (SSSR count). The van der Waals surface area contributed by atoms with Crippen molar-refractivity contribution < 1.29 is 18.1 Å². The summed E-state index contributed by atoms with van der Waals surface area (Å²) in [7, 11) is -0.517. The van der Waals surface area contributed by atoms with Gasteiger partial charge in [-0.2, -0.15) is 0 Å². The molecule has 0 atom stereocenters. The van der Waals surface area contributed by atoms with E-state index in [-0.39, 0.29) is 5.56 Å². The van der Waals surface area contributed by atoms with E-state index in [0.717, 1.165) is 5.46 Å². The molecule has 0 radical (unpaired) electrons. The van der Waals surface area contributed by atoms with E-state index in [1.54, 1.807) is 12.1 Å². The molecule has 0 aliphatic carbocycles. The predicted octanol–water partition coefficient (Wildman–Crippen LogP) is 3.73. The number of halogens is 2. The third-order valence-corrected chi connectivity index (χ3v) is 4.55. The van der Waals surface area contributed by atoms with Crippen LogP contribution in [0.5, 0.6) is 0 Å². The first kappa shape index (κ1) is 16.4. The van der Waals surface area contributed by atoms with Gasteiger partial charge < -0.3 is 9.31 Å². The summed E-state index contributed by atoms with van der Waals surface area (Å²) < 4.78 is 39.8. The quantitative estimate of drug-likeness (QED) is 0.791. The van der Waals surface area contributed by atoms with Crippen LogP contribution in [0.1, 0.15) is 47.1 Å². The van der Waals surface area contributed by atoms with E-state index in [1.807, 2.05) is 27.7 Å². The van der Waals surface area contributed by atoms with Gasteiger partial charge in [0.25, 0.3) is 5.92 Å². The highest BCUT2D eigenvalue weighted by Gasteiger charge is 2.51. The Morgan fingerprint density at radius 2 is 1.38 bits per heavy atom. The van der Waals surface area contributed by atoms with Gasteiger partial charge in [-0.25, -0.2) is 8.78 Å². The predicted molar refractivity (Wildman–Crippen MR) is 80.9 cm³/mol. The Hall–Kier alpha value is -0.935. The molecule has 2 nitrogen and oxygen atoms in total. The molecule has 0 spiro atoms. The van der Waals surface area contributed by atoms with Gasteiger partial charge in [0.15, 0.2) is 0 Å². The average Bonchev–Trinajstić information content (AvgIpc) is 2.58. The number of alkyl halides is 2. The minimum absolute atomic E-state index is 0.0257. The second kappa shape index (κ2) is 5.06. The van der Waals surface area contributed by atoms with Crippen LogP contribution in [0, 0.1) is 5.92 Å². The monoisotopic (exact) mass is 296 g/mol. The van der Waals surface area contributed by atoms with Crippen LogP contribution >= 0.6 is 0 Å². The maximum atomic E-state index is 14.0. The second-order valence-electron chi connectivity index (χ2n) is 6.99. The largest absolute Gasteiger partial charge is 0.494 e. The molecule has 1 fully saturated rings. The van der Waals surface area contributed by atoms with E-state index >= 15 is 0 Å². The molecule has 0 amide bonds. The highest BCUT2D eigenvalue weighted by molar-refractivity contribution is 6.62. The fourth-order valence-corrected chi connectivity index (χ4v) is 2.17. The van der Waals surface area contributed by atoms with Gasteiger partial charge in [-0.1, -0.05) is 38.1 Å². The van der Waals surface area contributed by atoms with Crippen LogP contribution in [0.2, 0.25) is 0 Å². The smallest absolute Gasteiger partial charge is 0.399 e. The SMILES string of the molecule is CC(C)C(F)(F)c1ccc(B2OC(C)(C)C(C)(C)O2)cc1. The summed E-state index contributed by atoms with van der Waals surface area (Å²) in [5.41, 5.74) is -0.0779. The lowest BCUT2D eigenvalue weighted by molar-refractivity contribution is -0.0513. The molecule has 0 N–H and O–H groups in total. The van der Waals surface area contributed by atoms with E-state index in [9.17, 15) is 8.78 Å². The van der Waals surface area contributed by atoms with Crippen molar-refractivity contribution in [3.63, 3.8) is 0 Å². The van der Waals surface area contributed by atoms with Gasteiger partial charge in [0, 0.05) is 11.5 Å². The lowest BCUT2D eigenvalue weighted by atomic mass is 9.78. The molecule has 5 heteroatoms. The summed E-state index contributed by atoms with van der Waals surface area (Å²) in [6.45, 7) is 10.9. The summed E-state index contributed by atoms with van der Waals surface area (Å²) >= 11 is 0. The number of benzene rings is 1. The van der Waals surface area contributed by atoms with Gasteiger partial charge in [0.2, 0.25) is 0 Å². The summed E-state index contributed by atoms with van der Waals surface area (Å²) in [6.07, 6.45) is 0. The minimum atomic E-state index is -2.82. The van der Waals surface area contributed by atoms with E-state index in [2.05, 4.69) is 0 Å². The number of rotatable bonds is 3. The van der Waals surface area contributed by atoms with E-state index in [4.69, 9.17) is 9.31 Å². The molecule has 0 aromatic heterocycles. The molecule has 1 aromatic rings. The van der Waals surface area contributed by atoms with Crippen molar-refractivity contribution in [2.24, 2.45) is 5.92 Å². The van der Waals surface area contributed by atoms with Crippen molar-refractivity contribution in [1.82, 2.24) is 0 Å². The van der Waals surface area contributed by atoms with Crippen LogP contribution in [0.4, 0.5) is 8.78 Å². The van der Waals surface area contributed by atoms with Gasteiger partial charge in [-0.15, -0.1) is 0 Å². The first-order valence-corrected chi connectivity index (χ1v) is 7.31. The van der Waals surface area contributed by atoms with Crippen molar-refractivity contribution in [2.45, 2.75) is 58.7 Å². The zero-order valence-corrected chi connectivity index (χ0v) is 13.5. The Kier molecular flexibility index (Phi) is 3.96. The van der Waals surface area contributed by atoms with Crippen molar-refractivity contribution >= 4 is 12.6 Å². The van der Waals surface area contributed by atoms with Crippen LogP contribution in [-0.2, 0) is 15.2 Å². The van der Waals surface area contributed by atoms with Gasteiger partial charge in [0.05, 0.1) is 11.2 Å². The molecule has 1 aromatic carbocycles. The van der Waals surface area contributed by atoms with Crippen LogP contribution in [0.3, 0.4) is 0 Å².